The SMILES string of the molecule is Cc1cccc(OCC(O)CNC(=O)c2ccc3cc[nH]c3c2)c1. The van der Waals surface area contributed by atoms with Crippen LogP contribution in [0.2, 0.25) is 0 Å². The Bertz CT molecular complexity index is 841. The molecule has 3 N–H and O–H groups in total. The molecule has 0 radical (unpaired) electrons. The van der Waals surface area contributed by atoms with Gasteiger partial charge in [-0.2, -0.15) is 0 Å². The Hall–Kier alpha value is -2.79. The van der Waals surface area contributed by atoms with Crippen molar-refractivity contribution in [3.63, 3.8) is 0 Å². The molecule has 3 rings (SSSR count). The Morgan fingerprint density at radius 1 is 1.25 bits per heavy atom. The van der Waals surface area contributed by atoms with Crippen LogP contribution in [0.15, 0.2) is 54.7 Å². The van der Waals surface area contributed by atoms with Gasteiger partial charge in [-0.3, -0.25) is 4.79 Å². The number of benzene rings is 2. The number of aliphatic hydroxyl groups excluding tert-OH is 1. The average Bonchev–Trinajstić information content (AvgIpc) is 3.05. The molecule has 1 atom stereocenters. The molecule has 1 unspecified atom stereocenters. The summed E-state index contributed by atoms with van der Waals surface area (Å²) in [5.41, 5.74) is 2.55. The summed E-state index contributed by atoms with van der Waals surface area (Å²) in [6, 6.07) is 15.0. The quantitative estimate of drug-likeness (QED) is 0.652. The first kappa shape index (κ1) is 16.1. The normalized spacial score (nSPS) is 12.1. The maximum atomic E-state index is 12.2. The van der Waals surface area contributed by atoms with Crippen molar-refractivity contribution < 1.29 is 14.6 Å². The maximum absolute atomic E-state index is 12.2. The van der Waals surface area contributed by atoms with Crippen molar-refractivity contribution in [3.05, 3.63) is 65.9 Å². The summed E-state index contributed by atoms with van der Waals surface area (Å²) < 4.78 is 5.53. The molecule has 5 heteroatoms. The number of hydrogen-bond acceptors (Lipinski definition) is 3. The molecule has 5 nitrogen and oxygen atoms in total. The van der Waals surface area contributed by atoms with Gasteiger partial charge in [0.15, 0.2) is 0 Å². The first-order valence-electron chi connectivity index (χ1n) is 7.85. The fourth-order valence-electron chi connectivity index (χ4n) is 2.46. The van der Waals surface area contributed by atoms with Crippen LogP contribution in [-0.4, -0.2) is 35.3 Å². The van der Waals surface area contributed by atoms with Crippen molar-refractivity contribution in [1.29, 1.82) is 0 Å². The Morgan fingerprint density at radius 2 is 2.12 bits per heavy atom. The zero-order valence-electron chi connectivity index (χ0n) is 13.5. The molecule has 0 aliphatic carbocycles. The van der Waals surface area contributed by atoms with Gasteiger partial charge in [0.05, 0.1) is 0 Å². The summed E-state index contributed by atoms with van der Waals surface area (Å²) in [5, 5.41) is 13.7. The van der Waals surface area contributed by atoms with E-state index >= 15 is 0 Å². The number of fused-ring (bicyclic) bond motifs is 1. The van der Waals surface area contributed by atoms with Crippen molar-refractivity contribution in [2.75, 3.05) is 13.2 Å². The minimum Gasteiger partial charge on any atom is -0.491 e. The third-order valence-electron chi connectivity index (χ3n) is 3.75. The number of H-pyrrole nitrogens is 1. The molecule has 124 valence electrons. The second kappa shape index (κ2) is 7.19. The number of aliphatic hydroxyl groups is 1. The van der Waals surface area contributed by atoms with Gasteiger partial charge < -0.3 is 20.1 Å². The number of nitrogens with one attached hydrogen (secondary N) is 2. The minimum atomic E-state index is -0.774. The van der Waals surface area contributed by atoms with Crippen molar-refractivity contribution in [2.45, 2.75) is 13.0 Å². The van der Waals surface area contributed by atoms with Gasteiger partial charge in [-0.05, 0) is 48.2 Å². The van der Waals surface area contributed by atoms with Gasteiger partial charge in [0.25, 0.3) is 5.91 Å². The van der Waals surface area contributed by atoms with E-state index < -0.39 is 6.10 Å². The highest BCUT2D eigenvalue weighted by molar-refractivity contribution is 5.97. The highest BCUT2D eigenvalue weighted by Gasteiger charge is 2.10. The molecule has 0 aliphatic rings. The van der Waals surface area contributed by atoms with Gasteiger partial charge >= 0.3 is 0 Å². The molecule has 0 bridgehead atoms. The second-order valence-electron chi connectivity index (χ2n) is 5.77. The molecular formula is C19H20N2O3. The van der Waals surface area contributed by atoms with E-state index in [4.69, 9.17) is 4.74 Å². The van der Waals surface area contributed by atoms with E-state index in [0.717, 1.165) is 16.5 Å². The molecular weight excluding hydrogens is 304 g/mol. The standard InChI is InChI=1S/C19H20N2O3/c1-13-3-2-4-17(9-13)24-12-16(22)11-21-19(23)15-6-5-14-7-8-20-18(14)10-15/h2-10,16,20,22H,11-12H2,1H3,(H,21,23). The second-order valence-corrected chi connectivity index (χ2v) is 5.77. The first-order valence-corrected chi connectivity index (χ1v) is 7.85. The summed E-state index contributed by atoms with van der Waals surface area (Å²) in [5.74, 6) is 0.485. The number of carbonyl (C=O) groups excluding carboxylic acids is 1. The van der Waals surface area contributed by atoms with E-state index in [1.54, 1.807) is 12.1 Å². The number of hydrogen-bond donors (Lipinski definition) is 3. The summed E-state index contributed by atoms with van der Waals surface area (Å²) in [7, 11) is 0. The van der Waals surface area contributed by atoms with E-state index in [9.17, 15) is 9.90 Å². The lowest BCUT2D eigenvalue weighted by atomic mass is 10.1. The molecule has 1 aromatic heterocycles. The number of amides is 1. The van der Waals surface area contributed by atoms with Crippen LogP contribution >= 0.6 is 0 Å². The molecule has 24 heavy (non-hydrogen) atoms. The summed E-state index contributed by atoms with van der Waals surface area (Å²) >= 11 is 0. The number of carbonyl (C=O) groups is 1. The van der Waals surface area contributed by atoms with Crippen LogP contribution in [-0.2, 0) is 0 Å². The largest absolute Gasteiger partial charge is 0.491 e. The third-order valence-corrected chi connectivity index (χ3v) is 3.75. The monoisotopic (exact) mass is 324 g/mol. The highest BCUT2D eigenvalue weighted by Crippen LogP contribution is 2.14. The van der Waals surface area contributed by atoms with Crippen molar-refractivity contribution in [1.82, 2.24) is 10.3 Å². The molecule has 0 saturated heterocycles. The van der Waals surface area contributed by atoms with Crippen molar-refractivity contribution >= 4 is 16.8 Å². The highest BCUT2D eigenvalue weighted by atomic mass is 16.5. The Morgan fingerprint density at radius 3 is 2.96 bits per heavy atom. The summed E-state index contributed by atoms with van der Waals surface area (Å²) in [4.78, 5) is 15.2. The lowest BCUT2D eigenvalue weighted by molar-refractivity contribution is 0.0844. The lowest BCUT2D eigenvalue weighted by Crippen LogP contribution is -2.35. The molecule has 1 heterocycles. The molecule has 0 spiro atoms. The first-order chi connectivity index (χ1) is 11.6. The molecule has 1 amide bonds. The number of aryl methyl sites for hydroxylation is 1. The number of aromatic nitrogens is 1. The number of rotatable bonds is 6. The molecule has 0 aliphatic heterocycles. The van der Waals surface area contributed by atoms with E-state index in [2.05, 4.69) is 10.3 Å². The molecule has 2 aromatic carbocycles. The minimum absolute atomic E-state index is 0.124. The van der Waals surface area contributed by atoms with Gasteiger partial charge in [0.1, 0.15) is 18.5 Å². The number of aromatic amines is 1. The lowest BCUT2D eigenvalue weighted by Gasteiger charge is -2.13. The van der Waals surface area contributed by atoms with E-state index in [1.807, 2.05) is 49.5 Å². The van der Waals surface area contributed by atoms with Gasteiger partial charge in [0, 0.05) is 23.8 Å². The fourth-order valence-corrected chi connectivity index (χ4v) is 2.46. The Balaban J connectivity index is 1.50. The Labute approximate surface area is 140 Å². The van der Waals surface area contributed by atoms with E-state index in [0.29, 0.717) is 11.3 Å². The van der Waals surface area contributed by atoms with Crippen LogP contribution in [0.3, 0.4) is 0 Å². The molecule has 0 fully saturated rings. The maximum Gasteiger partial charge on any atom is 0.251 e. The zero-order valence-corrected chi connectivity index (χ0v) is 13.5. The Kier molecular flexibility index (Phi) is 4.82. The van der Waals surface area contributed by atoms with Crippen LogP contribution in [0.1, 0.15) is 15.9 Å². The predicted octanol–water partition coefficient (Wildman–Crippen LogP) is 2.65. The molecule has 3 aromatic rings. The topological polar surface area (TPSA) is 74.3 Å². The van der Waals surface area contributed by atoms with Crippen LogP contribution in [0.25, 0.3) is 10.9 Å². The van der Waals surface area contributed by atoms with E-state index in [1.165, 1.54) is 0 Å². The summed E-state index contributed by atoms with van der Waals surface area (Å²) in [6.07, 6.45) is 1.06. The van der Waals surface area contributed by atoms with Crippen LogP contribution in [0, 0.1) is 6.92 Å². The fraction of sp³-hybridized carbons (Fsp3) is 0.211. The van der Waals surface area contributed by atoms with Crippen LogP contribution < -0.4 is 10.1 Å². The van der Waals surface area contributed by atoms with Gasteiger partial charge in [-0.1, -0.05) is 18.2 Å². The average molecular weight is 324 g/mol. The van der Waals surface area contributed by atoms with Gasteiger partial charge in [-0.15, -0.1) is 0 Å². The summed E-state index contributed by atoms with van der Waals surface area (Å²) in [6.45, 7) is 2.23. The van der Waals surface area contributed by atoms with Crippen LogP contribution in [0.5, 0.6) is 5.75 Å². The van der Waals surface area contributed by atoms with Gasteiger partial charge in [0.2, 0.25) is 0 Å². The zero-order chi connectivity index (χ0) is 16.9. The molecule has 0 saturated carbocycles. The number of ether oxygens (including phenoxy) is 1. The van der Waals surface area contributed by atoms with Crippen LogP contribution in [0.4, 0.5) is 0 Å². The smallest absolute Gasteiger partial charge is 0.251 e. The van der Waals surface area contributed by atoms with E-state index in [-0.39, 0.29) is 19.1 Å². The van der Waals surface area contributed by atoms with Gasteiger partial charge in [-0.25, -0.2) is 0 Å². The third kappa shape index (κ3) is 3.94. The predicted molar refractivity (Wildman–Crippen MR) is 93.3 cm³/mol. The van der Waals surface area contributed by atoms with Crippen molar-refractivity contribution in [2.24, 2.45) is 0 Å². The van der Waals surface area contributed by atoms with Crippen molar-refractivity contribution in [3.8, 4) is 5.75 Å².